The van der Waals surface area contributed by atoms with Crippen molar-refractivity contribution in [3.8, 4) is 10.6 Å². The van der Waals surface area contributed by atoms with Crippen molar-refractivity contribution < 1.29 is 13.2 Å². The largest absolute Gasteiger partial charge is 0.302 e. The summed E-state index contributed by atoms with van der Waals surface area (Å²) in [5.41, 5.74) is 0.856. The zero-order chi connectivity index (χ0) is 25.4. The lowest BCUT2D eigenvalue weighted by atomic mass is 10.2. The van der Waals surface area contributed by atoms with E-state index in [1.165, 1.54) is 44.4 Å². The molecule has 5 rings (SSSR count). The molecule has 4 aromatic rings. The van der Waals surface area contributed by atoms with E-state index in [2.05, 4.69) is 6.58 Å². The van der Waals surface area contributed by atoms with Gasteiger partial charge in [0.05, 0.1) is 27.5 Å². The van der Waals surface area contributed by atoms with Crippen molar-refractivity contribution in [1.29, 1.82) is 0 Å². The average molecular weight is 599 g/mol. The minimum atomic E-state index is -3.77. The fourth-order valence-electron chi connectivity index (χ4n) is 4.21. The number of carbonyl (C=O) groups is 1. The summed E-state index contributed by atoms with van der Waals surface area (Å²) in [6.45, 7) is 5.08. The summed E-state index contributed by atoms with van der Waals surface area (Å²) in [4.78, 5) is 20.3. The van der Waals surface area contributed by atoms with Crippen molar-refractivity contribution in [3.05, 3.63) is 73.7 Å². The first-order valence-electron chi connectivity index (χ1n) is 11.0. The van der Waals surface area contributed by atoms with Crippen LogP contribution in [0.3, 0.4) is 0 Å². The second-order valence-electron chi connectivity index (χ2n) is 8.29. The number of fused-ring (bicyclic) bond motifs is 1. The van der Waals surface area contributed by atoms with Crippen molar-refractivity contribution in [1.82, 2.24) is 14.2 Å². The van der Waals surface area contributed by atoms with Gasteiger partial charge in [0, 0.05) is 39.6 Å². The van der Waals surface area contributed by atoms with E-state index in [-0.39, 0.29) is 13.1 Å². The van der Waals surface area contributed by atoms with Gasteiger partial charge in [-0.15, -0.1) is 40.6 Å². The molecular formula is C24H21Cl2N3O3S4. The van der Waals surface area contributed by atoms with E-state index in [1.807, 2.05) is 40.6 Å². The maximum Gasteiger partial charge on any atom is 0.225 e. The van der Waals surface area contributed by atoms with E-state index in [9.17, 15) is 13.2 Å². The standard InChI is InChI=1S/C24H21Cl2N3O3S4/c1-2-22(21-9-15-3-4-16(25)10-20(15)34-21)36(31,32)29-8-7-28(17(11-29)13-30)12-24-27-18(14-33-24)19-5-6-23(26)35-19/h2-6,9-10,13-14,17,22H,1,7-8,11-12H2. The van der Waals surface area contributed by atoms with Gasteiger partial charge in [-0.2, -0.15) is 4.31 Å². The van der Waals surface area contributed by atoms with Gasteiger partial charge in [0.1, 0.15) is 16.5 Å². The summed E-state index contributed by atoms with van der Waals surface area (Å²) < 4.78 is 30.3. The van der Waals surface area contributed by atoms with Crippen molar-refractivity contribution in [2.45, 2.75) is 17.8 Å². The molecule has 0 spiro atoms. The molecule has 2 unspecified atom stereocenters. The molecule has 1 aliphatic rings. The number of aromatic nitrogens is 1. The Morgan fingerprint density at radius 3 is 2.72 bits per heavy atom. The van der Waals surface area contributed by atoms with E-state index in [4.69, 9.17) is 28.2 Å². The number of sulfonamides is 1. The normalized spacial score (nSPS) is 18.4. The number of nitrogens with zero attached hydrogens (tertiary/aromatic N) is 3. The van der Waals surface area contributed by atoms with Crippen LogP contribution in [0.1, 0.15) is 15.1 Å². The van der Waals surface area contributed by atoms with Crippen molar-refractivity contribution in [2.75, 3.05) is 19.6 Å². The molecule has 1 saturated heterocycles. The summed E-state index contributed by atoms with van der Waals surface area (Å²) in [7, 11) is -3.77. The molecule has 4 heterocycles. The Bertz CT molecular complexity index is 1530. The first-order chi connectivity index (χ1) is 17.3. The SMILES string of the molecule is C=CC(c1cc2ccc(Cl)cc2s1)S(=O)(=O)N1CCN(Cc2nc(-c3ccc(Cl)s3)cs2)C(C=O)C1. The zero-order valence-corrected chi connectivity index (χ0v) is 23.6. The molecule has 6 nitrogen and oxygen atoms in total. The number of hydrogen-bond acceptors (Lipinski definition) is 8. The van der Waals surface area contributed by atoms with Gasteiger partial charge in [-0.25, -0.2) is 13.4 Å². The monoisotopic (exact) mass is 597 g/mol. The van der Waals surface area contributed by atoms with Crippen LogP contribution in [-0.2, 0) is 21.4 Å². The number of aldehydes is 1. The molecular weight excluding hydrogens is 577 g/mol. The highest BCUT2D eigenvalue weighted by atomic mass is 35.5. The van der Waals surface area contributed by atoms with Gasteiger partial charge < -0.3 is 4.79 Å². The predicted molar refractivity (Wildman–Crippen MR) is 151 cm³/mol. The number of benzene rings is 1. The highest BCUT2D eigenvalue weighted by Gasteiger charge is 2.38. The third-order valence-electron chi connectivity index (χ3n) is 6.05. The third-order valence-corrected chi connectivity index (χ3v) is 11.8. The number of carbonyl (C=O) groups excluding carboxylic acids is 1. The molecule has 1 aliphatic heterocycles. The molecule has 0 N–H and O–H groups in total. The van der Waals surface area contributed by atoms with Crippen LogP contribution < -0.4 is 0 Å². The van der Waals surface area contributed by atoms with E-state index in [0.29, 0.717) is 27.3 Å². The summed E-state index contributed by atoms with van der Waals surface area (Å²) in [6, 6.07) is 10.6. The highest BCUT2D eigenvalue weighted by Crippen LogP contribution is 2.37. The molecule has 1 fully saturated rings. The van der Waals surface area contributed by atoms with Gasteiger partial charge in [0.2, 0.25) is 10.0 Å². The molecule has 0 bridgehead atoms. The third kappa shape index (κ3) is 5.19. The Labute approximate surface area is 231 Å². The molecule has 0 saturated carbocycles. The molecule has 12 heteroatoms. The van der Waals surface area contributed by atoms with Crippen LogP contribution >= 0.6 is 57.2 Å². The molecule has 1 aromatic carbocycles. The van der Waals surface area contributed by atoms with Crippen LogP contribution in [0.5, 0.6) is 0 Å². The van der Waals surface area contributed by atoms with Gasteiger partial charge in [-0.3, -0.25) is 4.90 Å². The van der Waals surface area contributed by atoms with Crippen LogP contribution in [0, 0.1) is 0 Å². The van der Waals surface area contributed by atoms with Crippen LogP contribution in [0.2, 0.25) is 9.36 Å². The molecule has 0 radical (unpaired) electrons. The van der Waals surface area contributed by atoms with Crippen LogP contribution in [0.4, 0.5) is 0 Å². The van der Waals surface area contributed by atoms with E-state index in [1.54, 1.807) is 6.07 Å². The maximum absolute atomic E-state index is 13.6. The first kappa shape index (κ1) is 26.0. The van der Waals surface area contributed by atoms with Gasteiger partial charge in [-0.1, -0.05) is 35.3 Å². The van der Waals surface area contributed by atoms with Gasteiger partial charge in [-0.05, 0) is 35.7 Å². The zero-order valence-electron chi connectivity index (χ0n) is 18.8. The van der Waals surface area contributed by atoms with Crippen molar-refractivity contribution >= 4 is 83.6 Å². The second kappa shape index (κ2) is 10.6. The Morgan fingerprint density at radius 2 is 2.00 bits per heavy atom. The molecule has 2 atom stereocenters. The lowest BCUT2D eigenvalue weighted by molar-refractivity contribution is -0.114. The van der Waals surface area contributed by atoms with Crippen LogP contribution in [0.15, 0.2) is 54.4 Å². The summed E-state index contributed by atoms with van der Waals surface area (Å²) in [6.07, 6.45) is 2.28. The highest BCUT2D eigenvalue weighted by molar-refractivity contribution is 7.89. The molecule has 0 aliphatic carbocycles. The maximum atomic E-state index is 13.6. The second-order valence-corrected chi connectivity index (χ2v) is 14.6. The fourth-order valence-corrected chi connectivity index (χ4v) is 9.56. The lowest BCUT2D eigenvalue weighted by Gasteiger charge is -2.38. The molecule has 3 aromatic heterocycles. The summed E-state index contributed by atoms with van der Waals surface area (Å²) >= 11 is 16.5. The van der Waals surface area contributed by atoms with Crippen molar-refractivity contribution in [2.24, 2.45) is 0 Å². The number of thiophene rings is 2. The van der Waals surface area contributed by atoms with Gasteiger partial charge >= 0.3 is 0 Å². The Hall–Kier alpha value is -1.63. The van der Waals surface area contributed by atoms with Gasteiger partial charge in [0.15, 0.2) is 0 Å². The number of piperazine rings is 1. The van der Waals surface area contributed by atoms with E-state index < -0.39 is 21.3 Å². The number of thiazole rings is 1. The Morgan fingerprint density at radius 1 is 1.17 bits per heavy atom. The van der Waals surface area contributed by atoms with Gasteiger partial charge in [0.25, 0.3) is 0 Å². The summed E-state index contributed by atoms with van der Waals surface area (Å²) in [5.74, 6) is 0. The fraction of sp³-hybridized carbons (Fsp3) is 0.250. The minimum Gasteiger partial charge on any atom is -0.302 e. The molecule has 188 valence electrons. The number of rotatable bonds is 8. The smallest absolute Gasteiger partial charge is 0.225 e. The van der Waals surface area contributed by atoms with Crippen molar-refractivity contribution in [3.63, 3.8) is 0 Å². The summed E-state index contributed by atoms with van der Waals surface area (Å²) in [5, 5.41) is 3.48. The van der Waals surface area contributed by atoms with Crippen LogP contribution in [-0.4, -0.2) is 54.6 Å². The van der Waals surface area contributed by atoms with E-state index >= 15 is 0 Å². The Balaban J connectivity index is 1.31. The predicted octanol–water partition coefficient (Wildman–Crippen LogP) is 6.34. The topological polar surface area (TPSA) is 70.6 Å². The Kier molecular flexibility index (Phi) is 7.67. The average Bonchev–Trinajstić information content (AvgIpc) is 3.59. The molecule has 0 amide bonds. The van der Waals surface area contributed by atoms with Crippen LogP contribution in [0.25, 0.3) is 20.7 Å². The first-order valence-corrected chi connectivity index (χ1v) is 15.8. The van der Waals surface area contributed by atoms with E-state index in [0.717, 1.165) is 32.0 Å². The quantitative estimate of drug-likeness (QED) is 0.175. The molecule has 36 heavy (non-hydrogen) atoms. The lowest BCUT2D eigenvalue weighted by Crippen LogP contribution is -2.55. The number of halogens is 2. The minimum absolute atomic E-state index is 0.0889. The number of hydrogen-bond donors (Lipinski definition) is 0.